The Morgan fingerprint density at radius 1 is 1.05 bits per heavy atom. The van der Waals surface area contributed by atoms with Gasteiger partial charge in [-0.3, -0.25) is 4.79 Å². The summed E-state index contributed by atoms with van der Waals surface area (Å²) in [6, 6.07) is 17.4. The fraction of sp³-hybridized carbons (Fsp3) is 0. The Morgan fingerprint density at radius 2 is 1.81 bits per heavy atom. The van der Waals surface area contributed by atoms with Crippen LogP contribution in [0.15, 0.2) is 60.8 Å². The first-order chi connectivity index (χ1) is 10.2. The molecule has 0 radical (unpaired) electrons. The van der Waals surface area contributed by atoms with Crippen molar-refractivity contribution < 1.29 is 10.0 Å². The molecule has 6 heteroatoms. The minimum absolute atomic E-state index is 0.0441. The summed E-state index contributed by atoms with van der Waals surface area (Å²) in [5.74, 6) is -0.430. The highest BCUT2D eigenvalue weighted by atomic mass is 16.5. The average molecular weight is 280 g/mol. The van der Waals surface area contributed by atoms with Gasteiger partial charge in [0.15, 0.2) is 5.69 Å². The van der Waals surface area contributed by atoms with Crippen molar-refractivity contribution in [3.63, 3.8) is 0 Å². The molecule has 0 spiro atoms. The molecule has 0 aliphatic heterocycles. The fourth-order valence-corrected chi connectivity index (χ4v) is 1.96. The Kier molecular flexibility index (Phi) is 3.34. The molecule has 0 unspecified atom stereocenters. The maximum absolute atomic E-state index is 11.9. The SMILES string of the molecule is O=C(Nc1cccc(-c2ccccc2)c1)c1cn(O)nn1. The zero-order valence-electron chi connectivity index (χ0n) is 11.0. The number of nitrogens with zero attached hydrogens (tertiary/aromatic N) is 3. The summed E-state index contributed by atoms with van der Waals surface area (Å²) in [6.07, 6.45) is 1.14. The highest BCUT2D eigenvalue weighted by molar-refractivity contribution is 6.02. The molecule has 0 saturated heterocycles. The van der Waals surface area contributed by atoms with Crippen molar-refractivity contribution in [1.29, 1.82) is 0 Å². The van der Waals surface area contributed by atoms with Crippen molar-refractivity contribution in [3.05, 3.63) is 66.5 Å². The van der Waals surface area contributed by atoms with Crippen LogP contribution in [0.3, 0.4) is 0 Å². The average Bonchev–Trinajstić information content (AvgIpc) is 2.95. The molecular weight excluding hydrogens is 268 g/mol. The van der Waals surface area contributed by atoms with Gasteiger partial charge in [0.1, 0.15) is 0 Å². The molecule has 1 heterocycles. The predicted molar refractivity (Wildman–Crippen MR) is 77.0 cm³/mol. The largest absolute Gasteiger partial charge is 0.410 e. The first-order valence-electron chi connectivity index (χ1n) is 6.31. The van der Waals surface area contributed by atoms with E-state index in [0.717, 1.165) is 17.3 Å². The first-order valence-corrected chi connectivity index (χ1v) is 6.31. The lowest BCUT2D eigenvalue weighted by atomic mass is 10.1. The molecule has 2 aromatic carbocycles. The van der Waals surface area contributed by atoms with E-state index in [1.165, 1.54) is 0 Å². The number of hydrogen-bond acceptors (Lipinski definition) is 4. The number of carbonyl (C=O) groups is 1. The summed E-state index contributed by atoms with van der Waals surface area (Å²) in [5, 5.41) is 18.6. The van der Waals surface area contributed by atoms with Crippen LogP contribution in [0, 0.1) is 0 Å². The molecule has 0 aliphatic rings. The van der Waals surface area contributed by atoms with Crippen LogP contribution in [-0.2, 0) is 0 Å². The normalized spacial score (nSPS) is 10.3. The molecule has 0 fully saturated rings. The predicted octanol–water partition coefficient (Wildman–Crippen LogP) is 2.43. The first kappa shape index (κ1) is 12.9. The molecule has 0 atom stereocenters. The Morgan fingerprint density at radius 3 is 2.52 bits per heavy atom. The number of carbonyl (C=O) groups excluding carboxylic acids is 1. The molecule has 6 nitrogen and oxygen atoms in total. The van der Waals surface area contributed by atoms with E-state index in [1.54, 1.807) is 6.07 Å². The summed E-state index contributed by atoms with van der Waals surface area (Å²) in [7, 11) is 0. The van der Waals surface area contributed by atoms with Gasteiger partial charge in [-0.25, -0.2) is 0 Å². The minimum Gasteiger partial charge on any atom is -0.410 e. The number of benzene rings is 2. The number of nitrogens with one attached hydrogen (secondary N) is 1. The van der Waals surface area contributed by atoms with E-state index in [-0.39, 0.29) is 5.69 Å². The monoisotopic (exact) mass is 280 g/mol. The number of rotatable bonds is 3. The third kappa shape index (κ3) is 2.89. The van der Waals surface area contributed by atoms with Gasteiger partial charge in [0, 0.05) is 5.69 Å². The smallest absolute Gasteiger partial charge is 0.277 e. The van der Waals surface area contributed by atoms with E-state index in [1.807, 2.05) is 48.5 Å². The fourth-order valence-electron chi connectivity index (χ4n) is 1.96. The van der Waals surface area contributed by atoms with Crippen molar-refractivity contribution in [2.75, 3.05) is 5.32 Å². The maximum Gasteiger partial charge on any atom is 0.277 e. The van der Waals surface area contributed by atoms with Crippen LogP contribution in [0.5, 0.6) is 0 Å². The van der Waals surface area contributed by atoms with Crippen molar-refractivity contribution in [1.82, 2.24) is 15.2 Å². The molecule has 3 aromatic rings. The molecule has 1 aromatic heterocycles. The van der Waals surface area contributed by atoms with Gasteiger partial charge in [0.25, 0.3) is 5.91 Å². The van der Waals surface area contributed by atoms with Crippen molar-refractivity contribution in [2.45, 2.75) is 0 Å². The van der Waals surface area contributed by atoms with E-state index < -0.39 is 5.91 Å². The van der Waals surface area contributed by atoms with Crippen molar-refractivity contribution >= 4 is 11.6 Å². The second-order valence-electron chi connectivity index (χ2n) is 4.43. The van der Waals surface area contributed by atoms with Gasteiger partial charge in [0.05, 0.1) is 6.20 Å². The number of amides is 1. The van der Waals surface area contributed by atoms with Crippen LogP contribution in [0.25, 0.3) is 11.1 Å². The Hall–Kier alpha value is -3.15. The molecule has 0 aliphatic carbocycles. The Balaban J connectivity index is 1.82. The van der Waals surface area contributed by atoms with Gasteiger partial charge >= 0.3 is 0 Å². The highest BCUT2D eigenvalue weighted by Crippen LogP contribution is 2.22. The van der Waals surface area contributed by atoms with E-state index in [0.29, 0.717) is 10.5 Å². The quantitative estimate of drug-likeness (QED) is 0.722. The standard InChI is InChI=1S/C15H12N4O2/c20-15(14-10-19(21)18-17-14)16-13-8-4-7-12(9-13)11-5-2-1-3-6-11/h1-10,21H,(H,16,20). The zero-order valence-corrected chi connectivity index (χ0v) is 11.0. The highest BCUT2D eigenvalue weighted by Gasteiger charge is 2.11. The lowest BCUT2D eigenvalue weighted by Gasteiger charge is -2.06. The van der Waals surface area contributed by atoms with Gasteiger partial charge in [-0.15, -0.1) is 5.10 Å². The van der Waals surface area contributed by atoms with Crippen LogP contribution in [0.2, 0.25) is 0 Å². The third-order valence-corrected chi connectivity index (χ3v) is 2.94. The lowest BCUT2D eigenvalue weighted by Crippen LogP contribution is -2.12. The lowest BCUT2D eigenvalue weighted by molar-refractivity contribution is 0.102. The van der Waals surface area contributed by atoms with Gasteiger partial charge in [-0.05, 0) is 28.5 Å². The van der Waals surface area contributed by atoms with E-state index in [2.05, 4.69) is 15.6 Å². The van der Waals surface area contributed by atoms with Crippen LogP contribution in [0.4, 0.5) is 5.69 Å². The summed E-state index contributed by atoms with van der Waals surface area (Å²) in [4.78, 5) is 12.4. The summed E-state index contributed by atoms with van der Waals surface area (Å²) in [5.41, 5.74) is 2.76. The van der Waals surface area contributed by atoms with Gasteiger partial charge in [-0.1, -0.05) is 47.3 Å². The van der Waals surface area contributed by atoms with Crippen LogP contribution in [-0.4, -0.2) is 26.3 Å². The van der Waals surface area contributed by atoms with Crippen LogP contribution in [0.1, 0.15) is 10.5 Å². The second kappa shape index (κ2) is 5.46. The Labute approximate surface area is 120 Å². The zero-order chi connectivity index (χ0) is 14.7. The van der Waals surface area contributed by atoms with E-state index >= 15 is 0 Å². The summed E-state index contributed by atoms with van der Waals surface area (Å²) >= 11 is 0. The maximum atomic E-state index is 11.9. The summed E-state index contributed by atoms with van der Waals surface area (Å²) in [6.45, 7) is 0. The van der Waals surface area contributed by atoms with E-state index in [9.17, 15) is 4.79 Å². The topological polar surface area (TPSA) is 80.0 Å². The second-order valence-corrected chi connectivity index (χ2v) is 4.43. The minimum atomic E-state index is -0.430. The molecule has 1 amide bonds. The number of hydrogen-bond donors (Lipinski definition) is 2. The number of aromatic nitrogens is 3. The van der Waals surface area contributed by atoms with E-state index in [4.69, 9.17) is 5.21 Å². The third-order valence-electron chi connectivity index (χ3n) is 2.94. The molecule has 104 valence electrons. The molecular formula is C15H12N4O2. The van der Waals surface area contributed by atoms with Crippen LogP contribution < -0.4 is 5.32 Å². The summed E-state index contributed by atoms with van der Waals surface area (Å²) < 4.78 is 0. The van der Waals surface area contributed by atoms with Gasteiger partial charge in [0.2, 0.25) is 0 Å². The Bertz CT molecular complexity index is 768. The van der Waals surface area contributed by atoms with Crippen molar-refractivity contribution in [2.24, 2.45) is 0 Å². The molecule has 0 bridgehead atoms. The molecule has 0 saturated carbocycles. The van der Waals surface area contributed by atoms with Crippen molar-refractivity contribution in [3.8, 4) is 11.1 Å². The van der Waals surface area contributed by atoms with Gasteiger partial charge in [-0.2, -0.15) is 0 Å². The molecule has 3 rings (SSSR count). The molecule has 21 heavy (non-hydrogen) atoms. The molecule has 2 N–H and O–H groups in total. The van der Waals surface area contributed by atoms with Crippen LogP contribution >= 0.6 is 0 Å². The number of anilines is 1. The van der Waals surface area contributed by atoms with Gasteiger partial charge < -0.3 is 10.5 Å².